The molecular weight excluding hydrogens is 1050 g/mol. The molecule has 432 valence electrons. The molecule has 4 heterocycles. The van der Waals surface area contributed by atoms with Crippen LogP contribution in [0, 0.1) is 0 Å². The Morgan fingerprint density at radius 3 is 1.24 bits per heavy atom. The molecule has 2 aliphatic rings. The number of carbonyl (C=O) groups excluding carboxylic acids is 6. The number of benzene rings is 6. The van der Waals surface area contributed by atoms with Gasteiger partial charge in [-0.15, -0.1) is 0 Å². The maximum Gasteiger partial charge on any atom is 0.253 e. The Balaban J connectivity index is 0.940. The van der Waals surface area contributed by atoms with Gasteiger partial charge in [0, 0.05) is 49.0 Å². The van der Waals surface area contributed by atoms with E-state index in [2.05, 4.69) is 21.3 Å². The predicted octanol–water partition coefficient (Wildman–Crippen LogP) is 7.80. The molecule has 2 aliphatic heterocycles. The zero-order chi connectivity index (χ0) is 58.7. The van der Waals surface area contributed by atoms with Gasteiger partial charge in [-0.2, -0.15) is 0 Å². The summed E-state index contributed by atoms with van der Waals surface area (Å²) in [4.78, 5) is 101. The van der Waals surface area contributed by atoms with Crippen LogP contribution >= 0.6 is 0 Å². The molecule has 16 nitrogen and oxygen atoms in total. The molecule has 0 radical (unpaired) electrons. The van der Waals surface area contributed by atoms with Gasteiger partial charge in [0.2, 0.25) is 23.6 Å². The molecular formula is C68H74N10O6. The Hall–Kier alpha value is -8.86. The molecule has 0 saturated carbocycles. The first-order valence-corrected chi connectivity index (χ1v) is 29.5. The number of nitrogens with two attached hydrogens (primary N) is 2. The molecule has 16 heteroatoms. The summed E-state index contributed by atoms with van der Waals surface area (Å²) in [6.45, 7) is 4.80. The highest BCUT2D eigenvalue weighted by Crippen LogP contribution is 2.28. The molecule has 8 aromatic rings. The minimum absolute atomic E-state index is 0.0318. The van der Waals surface area contributed by atoms with Gasteiger partial charge in [0.25, 0.3) is 11.8 Å². The standard InChI is InChI=1S/C68H74N10O6/c1-3-55-53(37-49-35-45-23-11-13-25-47(45)39-59(49)73-55)63(79)75-57(67(83)77-31-17-29-61(77)65(81)71-51(41-69)33-43-19-7-5-8-20-43)27-15-16-28-58(68(84)78-32-18-30-62(78)66(82)72-52(42-70)34-44-21-9-6-10-22-44)76-64(80)54-38-50-36-46-24-12-14-26-48(46)40-60(50)74-56(54)4-2/h5-16,19-26,35-40,51-52,57-58,61-62H,3-4,17-18,27-34,41-42,69-70H2,1-2H3,(H,71,81)(H,72,82)(H,75,79)(H,76,80)/b16-15+/t51-,52-,57-,58?,61-,62-/m0/s1. The lowest BCUT2D eigenvalue weighted by molar-refractivity contribution is -0.140. The van der Waals surface area contributed by atoms with Crippen molar-refractivity contribution >= 4 is 78.8 Å². The van der Waals surface area contributed by atoms with Crippen LogP contribution in [0.5, 0.6) is 0 Å². The molecule has 6 atom stereocenters. The van der Waals surface area contributed by atoms with Gasteiger partial charge in [0.1, 0.15) is 24.2 Å². The third-order valence-electron chi connectivity index (χ3n) is 16.4. The monoisotopic (exact) mass is 1130 g/mol. The molecule has 8 N–H and O–H groups in total. The van der Waals surface area contributed by atoms with Crippen LogP contribution < -0.4 is 32.7 Å². The van der Waals surface area contributed by atoms with Crippen LogP contribution in [0.1, 0.15) is 95.6 Å². The fourth-order valence-corrected chi connectivity index (χ4v) is 11.9. The Labute approximate surface area is 489 Å². The van der Waals surface area contributed by atoms with Crippen LogP contribution in [-0.4, -0.2) is 118 Å². The van der Waals surface area contributed by atoms with Gasteiger partial charge in [-0.1, -0.05) is 135 Å². The fourth-order valence-electron chi connectivity index (χ4n) is 11.9. The first kappa shape index (κ1) is 58.3. The summed E-state index contributed by atoms with van der Waals surface area (Å²) >= 11 is 0. The fraction of sp³-hybridized carbons (Fsp3) is 0.324. The van der Waals surface area contributed by atoms with Crippen molar-refractivity contribution in [1.82, 2.24) is 41.0 Å². The molecule has 84 heavy (non-hydrogen) atoms. The maximum atomic E-state index is 15.1. The number of aryl methyl sites for hydroxylation is 2. The highest BCUT2D eigenvalue weighted by Gasteiger charge is 2.40. The van der Waals surface area contributed by atoms with E-state index < -0.39 is 47.8 Å². The lowest BCUT2D eigenvalue weighted by Crippen LogP contribution is -2.55. The van der Waals surface area contributed by atoms with E-state index >= 15 is 9.59 Å². The maximum absolute atomic E-state index is 15.1. The van der Waals surface area contributed by atoms with Gasteiger partial charge in [0.05, 0.1) is 33.5 Å². The average molecular weight is 1130 g/mol. The summed E-state index contributed by atoms with van der Waals surface area (Å²) in [6.07, 6.45) is 7.26. The Bertz CT molecular complexity index is 3500. The van der Waals surface area contributed by atoms with Crippen molar-refractivity contribution in [2.24, 2.45) is 11.5 Å². The van der Waals surface area contributed by atoms with E-state index in [1.165, 1.54) is 0 Å². The summed E-state index contributed by atoms with van der Waals surface area (Å²) in [7, 11) is 0. The lowest BCUT2D eigenvalue weighted by Gasteiger charge is -2.30. The van der Waals surface area contributed by atoms with Crippen LogP contribution in [-0.2, 0) is 44.9 Å². The topological polar surface area (TPSA) is 235 Å². The van der Waals surface area contributed by atoms with Crippen LogP contribution in [0.3, 0.4) is 0 Å². The van der Waals surface area contributed by atoms with Crippen molar-refractivity contribution in [3.05, 3.63) is 191 Å². The van der Waals surface area contributed by atoms with E-state index in [9.17, 15) is 19.2 Å². The number of nitrogens with zero attached hydrogens (tertiary/aromatic N) is 4. The first-order valence-electron chi connectivity index (χ1n) is 29.5. The van der Waals surface area contributed by atoms with Gasteiger partial charge in [-0.3, -0.25) is 38.7 Å². The lowest BCUT2D eigenvalue weighted by atomic mass is 10.0. The van der Waals surface area contributed by atoms with Gasteiger partial charge < -0.3 is 42.5 Å². The van der Waals surface area contributed by atoms with Gasteiger partial charge in [0.15, 0.2) is 0 Å². The summed E-state index contributed by atoms with van der Waals surface area (Å²) in [5.41, 5.74) is 17.7. The largest absolute Gasteiger partial charge is 0.350 e. The number of rotatable bonds is 22. The number of hydrogen-bond donors (Lipinski definition) is 6. The number of fused-ring (bicyclic) bond motifs is 4. The summed E-state index contributed by atoms with van der Waals surface area (Å²) < 4.78 is 0. The van der Waals surface area contributed by atoms with E-state index in [0.717, 1.165) is 54.5 Å². The van der Waals surface area contributed by atoms with Gasteiger partial charge in [-0.25, -0.2) is 0 Å². The second-order valence-corrected chi connectivity index (χ2v) is 22.1. The van der Waals surface area contributed by atoms with Crippen molar-refractivity contribution < 1.29 is 28.8 Å². The van der Waals surface area contributed by atoms with Gasteiger partial charge in [-0.05, 0) is 133 Å². The number of nitrogens with one attached hydrogen (secondary N) is 4. The van der Waals surface area contributed by atoms with Gasteiger partial charge >= 0.3 is 0 Å². The minimum atomic E-state index is -1.16. The second kappa shape index (κ2) is 27.0. The zero-order valence-electron chi connectivity index (χ0n) is 47.8. The number of likely N-dealkylation sites (tertiary alicyclic amines) is 2. The third-order valence-corrected chi connectivity index (χ3v) is 16.4. The number of hydrogen-bond acceptors (Lipinski definition) is 10. The Morgan fingerprint density at radius 1 is 0.500 bits per heavy atom. The zero-order valence-corrected chi connectivity index (χ0v) is 47.8. The summed E-state index contributed by atoms with van der Waals surface area (Å²) in [6, 6.07) is 42.3. The molecule has 1 unspecified atom stereocenters. The summed E-state index contributed by atoms with van der Waals surface area (Å²) in [5, 5.41) is 17.9. The molecule has 10 rings (SSSR count). The van der Waals surface area contributed by atoms with Crippen molar-refractivity contribution in [3.63, 3.8) is 0 Å². The van der Waals surface area contributed by atoms with E-state index in [-0.39, 0.29) is 62.9 Å². The molecule has 2 saturated heterocycles. The van der Waals surface area contributed by atoms with Crippen molar-refractivity contribution in [3.8, 4) is 0 Å². The molecule has 2 fully saturated rings. The quantitative estimate of drug-likeness (QED) is 0.0285. The van der Waals surface area contributed by atoms with E-state index in [1.54, 1.807) is 22.0 Å². The molecule has 2 aromatic heterocycles. The molecule has 6 amide bonds. The van der Waals surface area contributed by atoms with E-state index in [1.807, 2.05) is 159 Å². The predicted molar refractivity (Wildman–Crippen MR) is 330 cm³/mol. The van der Waals surface area contributed by atoms with E-state index in [4.69, 9.17) is 21.4 Å². The first-order chi connectivity index (χ1) is 40.9. The van der Waals surface area contributed by atoms with Crippen molar-refractivity contribution in [2.75, 3.05) is 26.2 Å². The van der Waals surface area contributed by atoms with Crippen molar-refractivity contribution in [1.29, 1.82) is 0 Å². The SMILES string of the molecule is CCc1nc2cc3ccccc3cc2cc1C(=O)NC(C/C=C/C[C@H](NC(=O)c1cc2cc3ccccc3cc2nc1CC)C(=O)N1CCC[C@H]1C(=O)N[C@H](CN)Cc1ccccc1)C(=O)N1CCC[C@H]1C(=O)N[C@H](CN)Cc1ccccc1. The minimum Gasteiger partial charge on any atom is -0.350 e. The summed E-state index contributed by atoms with van der Waals surface area (Å²) in [5.74, 6) is -2.56. The Kier molecular flexibility index (Phi) is 18.8. The number of amides is 6. The Morgan fingerprint density at radius 2 is 0.869 bits per heavy atom. The average Bonchev–Trinajstić information content (AvgIpc) is 4.07. The van der Waals surface area contributed by atoms with E-state index in [0.29, 0.717) is 73.9 Å². The molecule has 0 aliphatic carbocycles. The smallest absolute Gasteiger partial charge is 0.253 e. The van der Waals surface area contributed by atoms with Crippen molar-refractivity contribution in [2.45, 2.75) is 114 Å². The number of carbonyl (C=O) groups is 6. The van der Waals surface area contributed by atoms with Crippen LogP contribution in [0.15, 0.2) is 158 Å². The number of pyridine rings is 2. The normalized spacial score (nSPS) is 16.7. The second-order valence-electron chi connectivity index (χ2n) is 22.1. The molecule has 0 spiro atoms. The molecule has 6 aromatic carbocycles. The highest BCUT2D eigenvalue weighted by molar-refractivity contribution is 6.05. The highest BCUT2D eigenvalue weighted by atomic mass is 16.2. The van der Waals surface area contributed by atoms with Crippen LogP contribution in [0.4, 0.5) is 0 Å². The number of aromatic nitrogens is 2. The van der Waals surface area contributed by atoms with Crippen LogP contribution in [0.25, 0.3) is 43.4 Å². The third kappa shape index (κ3) is 13.5. The molecule has 0 bridgehead atoms. The van der Waals surface area contributed by atoms with Crippen LogP contribution in [0.2, 0.25) is 0 Å².